The molecule has 1 saturated heterocycles. The van der Waals surface area contributed by atoms with Crippen molar-refractivity contribution in [1.82, 2.24) is 14.9 Å². The van der Waals surface area contributed by atoms with Crippen molar-refractivity contribution in [3.05, 3.63) is 45.0 Å². The number of ether oxygens (including phenoxy) is 1. The third kappa shape index (κ3) is 3.88. The molecule has 0 spiro atoms. The molecule has 9 nitrogen and oxygen atoms in total. The standard InChI is InChI=1S/C19H18ClN5O4S/c1-2-29-19(26)24-8-6-23(7-9-24)16-15-14(11-30-17(15)22-18(20)21-16)12-4-3-5-13(10-12)25(27)28/h3-5,10-11H,2,6-9H2,1H3. The highest BCUT2D eigenvalue weighted by Crippen LogP contribution is 2.40. The number of hydrogen-bond donors (Lipinski definition) is 0. The highest BCUT2D eigenvalue weighted by Gasteiger charge is 2.26. The average molecular weight is 448 g/mol. The van der Waals surface area contributed by atoms with Crippen molar-refractivity contribution in [2.24, 2.45) is 0 Å². The van der Waals surface area contributed by atoms with Gasteiger partial charge in [0.15, 0.2) is 0 Å². The first kappa shape index (κ1) is 20.3. The molecule has 1 aliphatic rings. The lowest BCUT2D eigenvalue weighted by Gasteiger charge is -2.35. The smallest absolute Gasteiger partial charge is 0.409 e. The van der Waals surface area contributed by atoms with E-state index in [0.717, 1.165) is 10.9 Å². The zero-order valence-corrected chi connectivity index (χ0v) is 17.6. The van der Waals surface area contributed by atoms with E-state index >= 15 is 0 Å². The van der Waals surface area contributed by atoms with Crippen LogP contribution in [0.5, 0.6) is 0 Å². The Hall–Kier alpha value is -2.98. The van der Waals surface area contributed by atoms with Crippen molar-refractivity contribution in [3.63, 3.8) is 0 Å². The van der Waals surface area contributed by atoms with Crippen LogP contribution in [0, 0.1) is 10.1 Å². The van der Waals surface area contributed by atoms with Crippen LogP contribution in [0.25, 0.3) is 21.3 Å². The van der Waals surface area contributed by atoms with Gasteiger partial charge in [-0.2, -0.15) is 4.98 Å². The topological polar surface area (TPSA) is 102 Å². The number of carbonyl (C=O) groups excluding carboxylic acids is 1. The Kier molecular flexibility index (Phi) is 5.69. The predicted octanol–water partition coefficient (Wildman–Crippen LogP) is 4.20. The summed E-state index contributed by atoms with van der Waals surface area (Å²) >= 11 is 7.58. The van der Waals surface area contributed by atoms with Gasteiger partial charge < -0.3 is 14.5 Å². The highest BCUT2D eigenvalue weighted by molar-refractivity contribution is 7.17. The molecule has 0 radical (unpaired) electrons. The molecule has 0 aliphatic carbocycles. The number of nitro benzene ring substituents is 1. The number of fused-ring (bicyclic) bond motifs is 1. The van der Waals surface area contributed by atoms with Gasteiger partial charge in [0.05, 0.1) is 16.9 Å². The summed E-state index contributed by atoms with van der Waals surface area (Å²) in [5.74, 6) is 0.663. The SMILES string of the molecule is CCOC(=O)N1CCN(c2nc(Cl)nc3scc(-c4cccc([N+](=O)[O-])c4)c23)CC1. The van der Waals surface area contributed by atoms with Crippen LogP contribution in [0.4, 0.5) is 16.3 Å². The number of thiophene rings is 1. The Labute approximate surface area is 181 Å². The monoisotopic (exact) mass is 447 g/mol. The summed E-state index contributed by atoms with van der Waals surface area (Å²) in [6, 6.07) is 6.48. The van der Waals surface area contributed by atoms with E-state index in [1.165, 1.54) is 17.4 Å². The highest BCUT2D eigenvalue weighted by atomic mass is 35.5. The lowest BCUT2D eigenvalue weighted by Crippen LogP contribution is -2.49. The number of amides is 1. The second-order valence-electron chi connectivity index (χ2n) is 6.63. The molecule has 1 aliphatic heterocycles. The molecular weight excluding hydrogens is 430 g/mol. The third-order valence-corrected chi connectivity index (χ3v) is 5.90. The van der Waals surface area contributed by atoms with Crippen molar-refractivity contribution in [3.8, 4) is 11.1 Å². The number of aromatic nitrogens is 2. The molecule has 2 aromatic heterocycles. The van der Waals surface area contributed by atoms with Gasteiger partial charge in [0.1, 0.15) is 10.6 Å². The largest absolute Gasteiger partial charge is 0.450 e. The van der Waals surface area contributed by atoms with Crippen molar-refractivity contribution in [2.45, 2.75) is 6.92 Å². The molecule has 0 unspecified atom stereocenters. The van der Waals surface area contributed by atoms with E-state index in [9.17, 15) is 14.9 Å². The minimum Gasteiger partial charge on any atom is -0.450 e. The maximum Gasteiger partial charge on any atom is 0.409 e. The van der Waals surface area contributed by atoms with Crippen LogP contribution in [-0.2, 0) is 4.74 Å². The zero-order chi connectivity index (χ0) is 21.3. The fraction of sp³-hybridized carbons (Fsp3) is 0.316. The van der Waals surface area contributed by atoms with Crippen LogP contribution in [0.15, 0.2) is 29.6 Å². The van der Waals surface area contributed by atoms with Gasteiger partial charge in [0, 0.05) is 49.3 Å². The normalized spacial score (nSPS) is 14.2. The van der Waals surface area contributed by atoms with Gasteiger partial charge in [0.25, 0.3) is 5.69 Å². The van der Waals surface area contributed by atoms with Gasteiger partial charge in [0.2, 0.25) is 5.28 Å². The fourth-order valence-corrected chi connectivity index (χ4v) is 4.60. The van der Waals surface area contributed by atoms with E-state index in [2.05, 4.69) is 14.9 Å². The second kappa shape index (κ2) is 8.41. The van der Waals surface area contributed by atoms with Crippen molar-refractivity contribution >= 4 is 50.8 Å². The summed E-state index contributed by atoms with van der Waals surface area (Å²) in [7, 11) is 0. The fourth-order valence-electron chi connectivity index (χ4n) is 3.44. The number of hydrogen-bond acceptors (Lipinski definition) is 8. The summed E-state index contributed by atoms with van der Waals surface area (Å²) in [6.45, 7) is 4.23. The number of non-ortho nitro benzene ring substituents is 1. The Morgan fingerprint density at radius 1 is 1.30 bits per heavy atom. The molecule has 156 valence electrons. The maximum absolute atomic E-state index is 12.0. The van der Waals surface area contributed by atoms with Crippen LogP contribution in [0.1, 0.15) is 6.92 Å². The average Bonchev–Trinajstić information content (AvgIpc) is 3.17. The van der Waals surface area contributed by atoms with Crippen molar-refractivity contribution < 1.29 is 14.5 Å². The van der Waals surface area contributed by atoms with Gasteiger partial charge in [-0.05, 0) is 24.1 Å². The first-order valence-electron chi connectivity index (χ1n) is 9.34. The summed E-state index contributed by atoms with van der Waals surface area (Å²) in [5, 5.41) is 14.0. The van der Waals surface area contributed by atoms with E-state index in [-0.39, 0.29) is 17.1 Å². The van der Waals surface area contributed by atoms with E-state index in [0.29, 0.717) is 49.0 Å². The number of benzene rings is 1. The second-order valence-corrected chi connectivity index (χ2v) is 7.82. The van der Waals surface area contributed by atoms with Crippen LogP contribution >= 0.6 is 22.9 Å². The first-order chi connectivity index (χ1) is 14.5. The Balaban J connectivity index is 1.71. The number of nitrogens with zero attached hydrogens (tertiary/aromatic N) is 5. The summed E-state index contributed by atoms with van der Waals surface area (Å²) in [6.07, 6.45) is -0.323. The minimum absolute atomic E-state index is 0.0198. The molecule has 11 heteroatoms. The molecule has 0 saturated carbocycles. The Bertz CT molecular complexity index is 1110. The van der Waals surface area contributed by atoms with Crippen molar-refractivity contribution in [2.75, 3.05) is 37.7 Å². The van der Waals surface area contributed by atoms with E-state index < -0.39 is 4.92 Å². The molecule has 0 N–H and O–H groups in total. The van der Waals surface area contributed by atoms with E-state index in [4.69, 9.17) is 16.3 Å². The molecule has 30 heavy (non-hydrogen) atoms. The van der Waals surface area contributed by atoms with Gasteiger partial charge in [-0.3, -0.25) is 10.1 Å². The minimum atomic E-state index is -0.416. The lowest BCUT2D eigenvalue weighted by atomic mass is 10.0. The summed E-state index contributed by atoms with van der Waals surface area (Å²) < 4.78 is 5.08. The van der Waals surface area contributed by atoms with Gasteiger partial charge in [-0.15, -0.1) is 11.3 Å². The molecule has 4 rings (SSSR count). The van der Waals surface area contributed by atoms with Crippen LogP contribution in [0.2, 0.25) is 5.28 Å². The zero-order valence-electron chi connectivity index (χ0n) is 16.1. The third-order valence-electron chi connectivity index (χ3n) is 4.86. The predicted molar refractivity (Wildman–Crippen MR) is 115 cm³/mol. The number of carbonyl (C=O) groups is 1. The van der Waals surface area contributed by atoms with Crippen LogP contribution in [-0.4, -0.2) is 58.7 Å². The number of anilines is 1. The van der Waals surface area contributed by atoms with Crippen LogP contribution < -0.4 is 4.90 Å². The Morgan fingerprint density at radius 2 is 2.07 bits per heavy atom. The summed E-state index contributed by atoms with van der Waals surface area (Å²) in [4.78, 5) is 36.0. The van der Waals surface area contributed by atoms with E-state index in [1.807, 2.05) is 11.4 Å². The van der Waals surface area contributed by atoms with E-state index in [1.54, 1.807) is 24.0 Å². The quantitative estimate of drug-likeness (QED) is 0.335. The number of nitro groups is 1. The van der Waals surface area contributed by atoms with Gasteiger partial charge in [-0.1, -0.05) is 12.1 Å². The molecule has 1 amide bonds. The molecule has 1 aromatic carbocycles. The number of halogens is 1. The van der Waals surface area contributed by atoms with Gasteiger partial charge >= 0.3 is 6.09 Å². The molecule has 0 atom stereocenters. The van der Waals surface area contributed by atoms with Gasteiger partial charge in [-0.25, -0.2) is 9.78 Å². The molecule has 3 aromatic rings. The lowest BCUT2D eigenvalue weighted by molar-refractivity contribution is -0.384. The first-order valence-corrected chi connectivity index (χ1v) is 10.6. The molecular formula is C19H18ClN5O4S. The summed E-state index contributed by atoms with van der Waals surface area (Å²) in [5.41, 5.74) is 1.55. The molecule has 3 heterocycles. The van der Waals surface area contributed by atoms with Crippen molar-refractivity contribution in [1.29, 1.82) is 0 Å². The number of rotatable bonds is 4. The number of piperazine rings is 1. The molecule has 0 bridgehead atoms. The maximum atomic E-state index is 12.0. The van der Waals surface area contributed by atoms with Crippen LogP contribution in [0.3, 0.4) is 0 Å². The molecule has 1 fully saturated rings. The Morgan fingerprint density at radius 3 is 2.77 bits per heavy atom.